The van der Waals surface area contributed by atoms with E-state index in [2.05, 4.69) is 20.1 Å². The topological polar surface area (TPSA) is 72.1 Å². The third-order valence-electron chi connectivity index (χ3n) is 8.61. The van der Waals surface area contributed by atoms with E-state index in [0.717, 1.165) is 36.3 Å². The molecule has 3 aliphatic rings. The Balaban J connectivity index is 1.23. The molecule has 1 saturated carbocycles. The minimum absolute atomic E-state index is 0.0343. The lowest BCUT2D eigenvalue weighted by Gasteiger charge is -2.19. The van der Waals surface area contributed by atoms with Crippen molar-refractivity contribution in [3.05, 3.63) is 71.2 Å². The van der Waals surface area contributed by atoms with Crippen LogP contribution < -0.4 is 4.90 Å². The summed E-state index contributed by atoms with van der Waals surface area (Å²) < 4.78 is 46.2. The molecule has 0 atom stereocenters. The van der Waals surface area contributed by atoms with E-state index < -0.39 is 17.6 Å². The summed E-state index contributed by atoms with van der Waals surface area (Å²) in [7, 11) is 3.59. The quantitative estimate of drug-likeness (QED) is 0.350. The predicted molar refractivity (Wildman–Crippen MR) is 142 cm³/mol. The number of nitrogens with zero attached hydrogens (tertiary/aromatic N) is 7. The molecule has 0 unspecified atom stereocenters. The fourth-order valence-corrected chi connectivity index (χ4v) is 6.33. The third-order valence-corrected chi connectivity index (χ3v) is 8.61. The Hall–Kier alpha value is -3.99. The van der Waals surface area contributed by atoms with Crippen LogP contribution in [-0.2, 0) is 33.4 Å². The van der Waals surface area contributed by atoms with E-state index in [1.807, 2.05) is 12.1 Å². The molecule has 0 N–H and O–H groups in total. The standard InChI is InChI=1S/C29H28F3N7O/c1-36-25(22(13-34-36)26-33-17-35-37(26)2)19-4-3-5-20(12-19)39-15-23-21(27(39)40)10-18(11-24(23)29(30,31)32)14-38-9-8-28(16-38)6-7-28/h3-5,10-13,17H,6-9,14-16H2,1-2H3. The van der Waals surface area contributed by atoms with Crippen LogP contribution in [0.5, 0.6) is 0 Å². The van der Waals surface area contributed by atoms with Crippen molar-refractivity contribution in [3.63, 3.8) is 0 Å². The van der Waals surface area contributed by atoms with Gasteiger partial charge in [0.15, 0.2) is 5.82 Å². The lowest BCUT2D eigenvalue weighted by atomic mass is 9.98. The van der Waals surface area contributed by atoms with Crippen molar-refractivity contribution >= 4 is 11.6 Å². The van der Waals surface area contributed by atoms with Crippen LogP contribution in [0.25, 0.3) is 22.6 Å². The first-order valence-corrected chi connectivity index (χ1v) is 13.4. The second kappa shape index (κ2) is 8.76. The number of anilines is 1. The number of hydrogen-bond donors (Lipinski definition) is 0. The van der Waals surface area contributed by atoms with Gasteiger partial charge in [0.05, 0.1) is 29.6 Å². The molecule has 2 fully saturated rings. The molecule has 1 saturated heterocycles. The molecule has 2 aromatic heterocycles. The summed E-state index contributed by atoms with van der Waals surface area (Å²) in [5, 5.41) is 8.54. The number of amides is 1. The minimum atomic E-state index is -4.55. The van der Waals surface area contributed by atoms with Gasteiger partial charge in [0.2, 0.25) is 0 Å². The Morgan fingerprint density at radius 1 is 1.00 bits per heavy atom. The summed E-state index contributed by atoms with van der Waals surface area (Å²) in [5.41, 5.74) is 3.17. The Kier molecular flexibility index (Phi) is 5.47. The van der Waals surface area contributed by atoms with Gasteiger partial charge in [-0.3, -0.25) is 14.4 Å². The highest BCUT2D eigenvalue weighted by molar-refractivity contribution is 6.10. The lowest BCUT2D eigenvalue weighted by Crippen LogP contribution is -2.23. The first kappa shape index (κ1) is 25.0. The smallest absolute Gasteiger partial charge is 0.304 e. The average molecular weight is 548 g/mol. The van der Waals surface area contributed by atoms with Gasteiger partial charge in [0.1, 0.15) is 6.33 Å². The van der Waals surface area contributed by atoms with Gasteiger partial charge in [-0.25, -0.2) is 9.67 Å². The highest BCUT2D eigenvalue weighted by atomic mass is 19.4. The molecule has 1 amide bonds. The van der Waals surface area contributed by atoms with Crippen molar-refractivity contribution < 1.29 is 18.0 Å². The summed E-state index contributed by atoms with van der Waals surface area (Å²) in [5.74, 6) is 0.212. The highest BCUT2D eigenvalue weighted by Gasteiger charge is 2.47. The Morgan fingerprint density at radius 2 is 1.82 bits per heavy atom. The van der Waals surface area contributed by atoms with Gasteiger partial charge in [-0.1, -0.05) is 12.1 Å². The summed E-state index contributed by atoms with van der Waals surface area (Å²) in [6, 6.07) is 10.2. The van der Waals surface area contributed by atoms with Gasteiger partial charge < -0.3 is 4.90 Å². The van der Waals surface area contributed by atoms with Gasteiger partial charge in [-0.05, 0) is 66.6 Å². The molecular formula is C29H28F3N7O. The monoisotopic (exact) mass is 547 g/mol. The van der Waals surface area contributed by atoms with Crippen molar-refractivity contribution in [1.29, 1.82) is 0 Å². The van der Waals surface area contributed by atoms with E-state index in [1.54, 1.807) is 47.9 Å². The van der Waals surface area contributed by atoms with Crippen molar-refractivity contribution in [2.24, 2.45) is 19.5 Å². The van der Waals surface area contributed by atoms with Crippen LogP contribution in [0.15, 0.2) is 48.9 Å². The number of carbonyl (C=O) groups excluding carboxylic acids is 1. The summed E-state index contributed by atoms with van der Waals surface area (Å²) in [6.07, 6.45) is 2.11. The van der Waals surface area contributed by atoms with E-state index in [-0.39, 0.29) is 17.7 Å². The number of carbonyl (C=O) groups is 1. The van der Waals surface area contributed by atoms with Gasteiger partial charge in [-0.2, -0.15) is 23.4 Å². The number of likely N-dealkylation sites (tertiary alicyclic amines) is 1. The van der Waals surface area contributed by atoms with E-state index in [4.69, 9.17) is 0 Å². The SMILES string of the molecule is Cn1ncnc1-c1cnn(C)c1-c1cccc(N2Cc3c(cc(CN4CCC5(CC5)C4)cc3C(F)(F)F)C2=O)c1. The number of benzene rings is 2. The number of alkyl halides is 3. The van der Waals surface area contributed by atoms with Crippen LogP contribution in [0.4, 0.5) is 18.9 Å². The normalized spacial score (nSPS) is 18.2. The molecule has 7 rings (SSSR count). The molecular weight excluding hydrogens is 519 g/mol. The zero-order valence-electron chi connectivity index (χ0n) is 22.2. The highest BCUT2D eigenvalue weighted by Crippen LogP contribution is 2.53. The zero-order valence-corrected chi connectivity index (χ0v) is 22.2. The summed E-state index contributed by atoms with van der Waals surface area (Å²) in [6.45, 7) is 2.09. The van der Waals surface area contributed by atoms with E-state index >= 15 is 0 Å². The number of aryl methyl sites for hydroxylation is 2. The molecule has 1 spiro atoms. The average Bonchev–Trinajstić information content (AvgIpc) is 3.23. The van der Waals surface area contributed by atoms with Crippen molar-refractivity contribution in [1.82, 2.24) is 29.4 Å². The predicted octanol–water partition coefficient (Wildman–Crippen LogP) is 5.05. The van der Waals surface area contributed by atoms with Crippen molar-refractivity contribution in [2.45, 2.75) is 38.5 Å². The molecule has 1 aliphatic carbocycles. The Morgan fingerprint density at radius 3 is 2.52 bits per heavy atom. The van der Waals surface area contributed by atoms with Crippen LogP contribution in [0.3, 0.4) is 0 Å². The molecule has 4 heterocycles. The third kappa shape index (κ3) is 4.11. The summed E-state index contributed by atoms with van der Waals surface area (Å²) in [4.78, 5) is 21.6. The molecule has 206 valence electrons. The minimum Gasteiger partial charge on any atom is -0.304 e. The molecule has 4 aromatic rings. The summed E-state index contributed by atoms with van der Waals surface area (Å²) >= 11 is 0. The maximum absolute atomic E-state index is 14.3. The van der Waals surface area contributed by atoms with Gasteiger partial charge in [0, 0.05) is 44.0 Å². The first-order chi connectivity index (χ1) is 19.1. The van der Waals surface area contributed by atoms with Crippen LogP contribution in [0.2, 0.25) is 0 Å². The van der Waals surface area contributed by atoms with Gasteiger partial charge in [0.25, 0.3) is 5.91 Å². The molecule has 8 nitrogen and oxygen atoms in total. The van der Waals surface area contributed by atoms with Crippen molar-refractivity contribution in [3.8, 4) is 22.6 Å². The van der Waals surface area contributed by atoms with E-state index in [0.29, 0.717) is 29.0 Å². The first-order valence-electron chi connectivity index (χ1n) is 13.4. The van der Waals surface area contributed by atoms with Crippen LogP contribution in [-0.4, -0.2) is 48.4 Å². The Labute approximate surface area is 229 Å². The maximum Gasteiger partial charge on any atom is 0.416 e. The number of halogens is 3. The number of aromatic nitrogens is 5. The fraction of sp³-hybridized carbons (Fsp3) is 0.379. The van der Waals surface area contributed by atoms with Gasteiger partial charge >= 0.3 is 6.18 Å². The molecule has 40 heavy (non-hydrogen) atoms. The molecule has 0 radical (unpaired) electrons. The zero-order chi connectivity index (χ0) is 27.8. The van der Waals surface area contributed by atoms with E-state index in [9.17, 15) is 18.0 Å². The largest absolute Gasteiger partial charge is 0.416 e. The Bertz CT molecular complexity index is 1650. The second-order valence-electron chi connectivity index (χ2n) is 11.3. The van der Waals surface area contributed by atoms with Crippen LogP contribution in [0.1, 0.15) is 46.3 Å². The second-order valence-corrected chi connectivity index (χ2v) is 11.3. The fourth-order valence-electron chi connectivity index (χ4n) is 6.33. The number of rotatable bonds is 5. The number of hydrogen-bond acceptors (Lipinski definition) is 5. The molecule has 2 aromatic carbocycles. The molecule has 0 bridgehead atoms. The molecule has 2 aliphatic heterocycles. The van der Waals surface area contributed by atoms with E-state index in [1.165, 1.54) is 30.1 Å². The van der Waals surface area contributed by atoms with Gasteiger partial charge in [-0.15, -0.1) is 0 Å². The number of fused-ring (bicyclic) bond motifs is 1. The maximum atomic E-state index is 14.3. The van der Waals surface area contributed by atoms with Crippen LogP contribution in [0, 0.1) is 5.41 Å². The van der Waals surface area contributed by atoms with Crippen LogP contribution >= 0.6 is 0 Å². The van der Waals surface area contributed by atoms with Crippen molar-refractivity contribution in [2.75, 3.05) is 18.0 Å². The lowest BCUT2D eigenvalue weighted by molar-refractivity contribution is -0.138. The molecule has 11 heteroatoms.